The van der Waals surface area contributed by atoms with Crippen molar-refractivity contribution in [2.75, 3.05) is 38.7 Å². The molecule has 0 saturated carbocycles. The molecule has 1 fully saturated rings. The Morgan fingerprint density at radius 3 is 2.96 bits per heavy atom. The minimum atomic E-state index is -0.777. The number of aromatic nitrogens is 1. The van der Waals surface area contributed by atoms with Gasteiger partial charge in [-0.25, -0.2) is 4.98 Å². The third kappa shape index (κ3) is 4.03. The Bertz CT molecular complexity index is 780. The van der Waals surface area contributed by atoms with Gasteiger partial charge in [0, 0.05) is 31.8 Å². The number of amides is 1. The van der Waals surface area contributed by atoms with E-state index >= 15 is 0 Å². The van der Waals surface area contributed by atoms with E-state index in [1.807, 2.05) is 25.1 Å². The predicted molar refractivity (Wildman–Crippen MR) is 100 cm³/mol. The molecule has 1 aromatic heterocycles. The molecule has 6 nitrogen and oxygen atoms in total. The van der Waals surface area contributed by atoms with E-state index in [1.165, 1.54) is 0 Å². The van der Waals surface area contributed by atoms with Crippen molar-refractivity contribution in [3.63, 3.8) is 0 Å². The number of ether oxygens (including phenoxy) is 1. The van der Waals surface area contributed by atoms with Crippen molar-refractivity contribution in [3.05, 3.63) is 59.3 Å². The van der Waals surface area contributed by atoms with Crippen LogP contribution in [0, 0.1) is 6.92 Å². The molecule has 1 amide bonds. The summed E-state index contributed by atoms with van der Waals surface area (Å²) in [5.41, 5.74) is 2.06. The van der Waals surface area contributed by atoms with Crippen LogP contribution in [0.1, 0.15) is 21.5 Å². The summed E-state index contributed by atoms with van der Waals surface area (Å²) in [5, 5.41) is 13.0. The number of rotatable bonds is 5. The Kier molecular flexibility index (Phi) is 5.54. The fraction of sp³-hybridized carbons (Fsp3) is 0.400. The van der Waals surface area contributed by atoms with Gasteiger partial charge in [-0.15, -0.1) is 0 Å². The molecule has 0 radical (unpaired) electrons. The number of aliphatic hydroxyl groups is 1. The zero-order chi connectivity index (χ0) is 18.6. The summed E-state index contributed by atoms with van der Waals surface area (Å²) in [6.07, 6.45) is 2.18. The molecule has 0 aliphatic carbocycles. The number of benzene rings is 1. The summed E-state index contributed by atoms with van der Waals surface area (Å²) >= 11 is 0. The highest BCUT2D eigenvalue weighted by atomic mass is 16.5. The third-order valence-electron chi connectivity index (χ3n) is 4.70. The number of pyridine rings is 1. The number of aryl methyl sites for hydroxylation is 1. The molecule has 0 spiro atoms. The topological polar surface area (TPSA) is 74.7 Å². The van der Waals surface area contributed by atoms with Crippen LogP contribution in [0.15, 0.2) is 42.6 Å². The Morgan fingerprint density at radius 2 is 2.23 bits per heavy atom. The van der Waals surface area contributed by atoms with Gasteiger partial charge in [0.1, 0.15) is 11.4 Å². The first-order valence-electron chi connectivity index (χ1n) is 8.79. The molecular weight excluding hydrogens is 330 g/mol. The molecule has 1 aliphatic heterocycles. The molecule has 6 heteroatoms. The number of anilines is 1. The summed E-state index contributed by atoms with van der Waals surface area (Å²) in [4.78, 5) is 18.8. The predicted octanol–water partition coefficient (Wildman–Crippen LogP) is 1.88. The zero-order valence-corrected chi connectivity index (χ0v) is 15.2. The number of morpholine rings is 1. The van der Waals surface area contributed by atoms with Crippen LogP contribution in [0.4, 0.5) is 5.82 Å². The van der Waals surface area contributed by atoms with Crippen molar-refractivity contribution in [2.24, 2.45) is 0 Å². The summed E-state index contributed by atoms with van der Waals surface area (Å²) in [5.74, 6) is 0.576. The van der Waals surface area contributed by atoms with E-state index in [0.29, 0.717) is 37.5 Å². The van der Waals surface area contributed by atoms with E-state index in [1.54, 1.807) is 30.3 Å². The van der Waals surface area contributed by atoms with Crippen LogP contribution in [0.2, 0.25) is 0 Å². The van der Waals surface area contributed by atoms with Gasteiger partial charge in [0.25, 0.3) is 5.91 Å². The van der Waals surface area contributed by atoms with Crippen LogP contribution < -0.4 is 5.32 Å². The van der Waals surface area contributed by atoms with Crippen molar-refractivity contribution < 1.29 is 14.6 Å². The smallest absolute Gasteiger partial charge is 0.254 e. The van der Waals surface area contributed by atoms with Crippen molar-refractivity contribution in [2.45, 2.75) is 18.9 Å². The number of hydrogen-bond acceptors (Lipinski definition) is 5. The van der Waals surface area contributed by atoms with Crippen LogP contribution in [0.25, 0.3) is 0 Å². The van der Waals surface area contributed by atoms with E-state index in [0.717, 1.165) is 11.1 Å². The quantitative estimate of drug-likeness (QED) is 0.857. The second kappa shape index (κ2) is 7.85. The number of hydrogen-bond donors (Lipinski definition) is 2. The molecule has 1 unspecified atom stereocenters. The molecule has 1 atom stereocenters. The average molecular weight is 355 g/mol. The summed E-state index contributed by atoms with van der Waals surface area (Å²) in [6, 6.07) is 11.6. The zero-order valence-electron chi connectivity index (χ0n) is 15.2. The van der Waals surface area contributed by atoms with Gasteiger partial charge in [-0.1, -0.05) is 29.8 Å². The van der Waals surface area contributed by atoms with Crippen molar-refractivity contribution in [3.8, 4) is 0 Å². The lowest BCUT2D eigenvalue weighted by atomic mass is 9.92. The highest BCUT2D eigenvalue weighted by molar-refractivity contribution is 5.95. The number of carbonyl (C=O) groups excluding carboxylic acids is 1. The largest absolute Gasteiger partial charge is 0.393 e. The number of aliphatic hydroxyl groups excluding tert-OH is 1. The monoisotopic (exact) mass is 355 g/mol. The summed E-state index contributed by atoms with van der Waals surface area (Å²) in [7, 11) is 1.77. The average Bonchev–Trinajstić information content (AvgIpc) is 2.67. The molecule has 26 heavy (non-hydrogen) atoms. The van der Waals surface area contributed by atoms with Crippen LogP contribution in [-0.4, -0.2) is 59.8 Å². The van der Waals surface area contributed by atoms with Gasteiger partial charge in [0.05, 0.1) is 19.8 Å². The van der Waals surface area contributed by atoms with E-state index in [-0.39, 0.29) is 12.5 Å². The van der Waals surface area contributed by atoms with Crippen LogP contribution >= 0.6 is 0 Å². The fourth-order valence-corrected chi connectivity index (χ4v) is 3.35. The Morgan fingerprint density at radius 1 is 1.38 bits per heavy atom. The van der Waals surface area contributed by atoms with Gasteiger partial charge in [-0.3, -0.25) is 4.79 Å². The van der Waals surface area contributed by atoms with Crippen LogP contribution in [0.3, 0.4) is 0 Å². The second-order valence-electron chi connectivity index (χ2n) is 6.76. The summed E-state index contributed by atoms with van der Waals surface area (Å²) < 4.78 is 5.95. The lowest BCUT2D eigenvalue weighted by Crippen LogP contribution is -2.56. The first-order chi connectivity index (χ1) is 12.5. The Balaban J connectivity index is 1.78. The first-order valence-corrected chi connectivity index (χ1v) is 8.79. The lowest BCUT2D eigenvalue weighted by molar-refractivity contribution is -0.123. The molecule has 1 saturated heterocycles. The van der Waals surface area contributed by atoms with Gasteiger partial charge in [0.2, 0.25) is 0 Å². The third-order valence-corrected chi connectivity index (χ3v) is 4.70. The van der Waals surface area contributed by atoms with Crippen LogP contribution in [-0.2, 0) is 11.2 Å². The molecule has 0 bridgehead atoms. The fourth-order valence-electron chi connectivity index (χ4n) is 3.35. The number of carbonyl (C=O) groups is 1. The number of nitrogens with one attached hydrogen (secondary N) is 1. The normalized spacial score (nSPS) is 20.0. The van der Waals surface area contributed by atoms with Gasteiger partial charge >= 0.3 is 0 Å². The van der Waals surface area contributed by atoms with Crippen molar-refractivity contribution in [1.82, 2.24) is 9.88 Å². The SMILES string of the molecule is CNc1cc(C(=O)N2CCOC(CO)(Cc3cccc(C)c3)C2)ccn1. The summed E-state index contributed by atoms with van der Waals surface area (Å²) in [6.45, 7) is 3.17. The Labute approximate surface area is 153 Å². The van der Waals surface area contributed by atoms with E-state index < -0.39 is 5.60 Å². The van der Waals surface area contributed by atoms with Crippen molar-refractivity contribution in [1.29, 1.82) is 0 Å². The number of nitrogens with zero attached hydrogens (tertiary/aromatic N) is 2. The standard InChI is InChI=1S/C20H25N3O3/c1-15-4-3-5-16(10-15)12-20(14-24)13-23(8-9-26-20)19(25)17-6-7-22-18(11-17)21-2/h3-7,10-11,24H,8-9,12-14H2,1-2H3,(H,21,22). The van der Waals surface area contributed by atoms with E-state index in [2.05, 4.69) is 16.4 Å². The lowest BCUT2D eigenvalue weighted by Gasteiger charge is -2.42. The molecule has 1 aromatic carbocycles. The molecule has 2 heterocycles. The van der Waals surface area contributed by atoms with Crippen molar-refractivity contribution >= 4 is 11.7 Å². The molecule has 138 valence electrons. The van der Waals surface area contributed by atoms with Gasteiger partial charge in [-0.05, 0) is 24.6 Å². The molecule has 2 N–H and O–H groups in total. The van der Waals surface area contributed by atoms with E-state index in [4.69, 9.17) is 4.74 Å². The highest BCUT2D eigenvalue weighted by Crippen LogP contribution is 2.25. The molecular formula is C20H25N3O3. The van der Waals surface area contributed by atoms with Crippen LogP contribution in [0.5, 0.6) is 0 Å². The minimum Gasteiger partial charge on any atom is -0.393 e. The molecule has 1 aliphatic rings. The molecule has 2 aromatic rings. The molecule has 3 rings (SSSR count). The maximum Gasteiger partial charge on any atom is 0.254 e. The minimum absolute atomic E-state index is 0.0748. The van der Waals surface area contributed by atoms with Gasteiger partial charge < -0.3 is 20.1 Å². The maximum absolute atomic E-state index is 12.9. The van der Waals surface area contributed by atoms with Gasteiger partial charge in [0.15, 0.2) is 0 Å². The maximum atomic E-state index is 12.9. The second-order valence-corrected chi connectivity index (χ2v) is 6.76. The Hall–Kier alpha value is -2.44. The first kappa shape index (κ1) is 18.4. The van der Waals surface area contributed by atoms with E-state index in [9.17, 15) is 9.90 Å². The highest BCUT2D eigenvalue weighted by Gasteiger charge is 2.38. The van der Waals surface area contributed by atoms with Gasteiger partial charge in [-0.2, -0.15) is 0 Å².